The number of piperidine rings is 1. The van der Waals surface area contributed by atoms with Gasteiger partial charge in [0, 0.05) is 5.25 Å². The molecule has 0 radical (unpaired) electrons. The van der Waals surface area contributed by atoms with Gasteiger partial charge in [0.2, 0.25) is 0 Å². The second kappa shape index (κ2) is 5.97. The first kappa shape index (κ1) is 12.3. The fraction of sp³-hybridized carbons (Fsp3) is 0.778. The molecule has 1 aliphatic heterocycles. The van der Waals surface area contributed by atoms with E-state index in [0.717, 1.165) is 25.9 Å². The van der Waals surface area contributed by atoms with Gasteiger partial charge in [-0.25, -0.2) is 0 Å². The number of thioether (sulfide) groups is 1. The molecule has 0 bridgehead atoms. The van der Waals surface area contributed by atoms with Crippen molar-refractivity contribution in [1.82, 2.24) is 4.90 Å². The van der Waals surface area contributed by atoms with Crippen LogP contribution in [0.4, 0.5) is 0 Å². The highest BCUT2D eigenvalue weighted by Crippen LogP contribution is 2.22. The molecule has 15 heavy (non-hydrogen) atoms. The Kier molecular flexibility index (Phi) is 4.90. The third-order valence-corrected chi connectivity index (χ3v) is 3.69. The standard InChI is InChI=1S/C9H15NO4S/c11-8(12)5-10-3-1-7(2-4-10)15-6-9(13)14/h7H,1-6H2,(H,11,12)(H,13,14). The molecule has 1 heterocycles. The van der Waals surface area contributed by atoms with Crippen LogP contribution < -0.4 is 0 Å². The summed E-state index contributed by atoms with van der Waals surface area (Å²) >= 11 is 1.45. The maximum atomic E-state index is 10.4. The van der Waals surface area contributed by atoms with Crippen LogP contribution in [0.3, 0.4) is 0 Å². The number of rotatable bonds is 5. The summed E-state index contributed by atoms with van der Waals surface area (Å²) in [5, 5.41) is 17.5. The molecule has 2 N–H and O–H groups in total. The Bertz CT molecular complexity index is 238. The van der Waals surface area contributed by atoms with Crippen LogP contribution in [-0.2, 0) is 9.59 Å². The zero-order valence-corrected chi connectivity index (χ0v) is 9.20. The molecule has 0 aromatic heterocycles. The van der Waals surface area contributed by atoms with Crippen LogP contribution in [0.5, 0.6) is 0 Å². The molecule has 1 saturated heterocycles. The zero-order chi connectivity index (χ0) is 11.3. The number of nitrogens with zero attached hydrogens (tertiary/aromatic N) is 1. The molecule has 0 amide bonds. The maximum Gasteiger partial charge on any atom is 0.317 e. The molecular weight excluding hydrogens is 218 g/mol. The number of carboxylic acids is 2. The van der Waals surface area contributed by atoms with Gasteiger partial charge in [0.25, 0.3) is 0 Å². The summed E-state index contributed by atoms with van der Waals surface area (Å²) in [7, 11) is 0. The maximum absolute atomic E-state index is 10.4. The fourth-order valence-electron chi connectivity index (χ4n) is 1.61. The van der Waals surface area contributed by atoms with E-state index in [1.165, 1.54) is 11.8 Å². The van der Waals surface area contributed by atoms with E-state index in [1.54, 1.807) is 0 Å². The highest BCUT2D eigenvalue weighted by atomic mass is 32.2. The van der Waals surface area contributed by atoms with Crippen LogP contribution in [0.15, 0.2) is 0 Å². The molecule has 5 nitrogen and oxygen atoms in total. The van der Waals surface area contributed by atoms with Gasteiger partial charge in [0.15, 0.2) is 0 Å². The predicted octanol–water partition coefficient (Wildman–Crippen LogP) is 0.353. The summed E-state index contributed by atoms with van der Waals surface area (Å²) in [5.41, 5.74) is 0. The molecule has 1 aliphatic rings. The normalized spacial score (nSPS) is 18.9. The second-order valence-corrected chi connectivity index (χ2v) is 4.86. The van der Waals surface area contributed by atoms with Crippen molar-refractivity contribution in [2.45, 2.75) is 18.1 Å². The average molecular weight is 233 g/mol. The van der Waals surface area contributed by atoms with Gasteiger partial charge in [0.05, 0.1) is 12.3 Å². The minimum absolute atomic E-state index is 0.0936. The zero-order valence-electron chi connectivity index (χ0n) is 8.39. The average Bonchev–Trinajstić information content (AvgIpc) is 2.16. The van der Waals surface area contributed by atoms with Crippen LogP contribution in [-0.4, -0.2) is 57.7 Å². The Labute approximate surface area is 92.4 Å². The molecular formula is C9H15NO4S. The number of hydrogen-bond acceptors (Lipinski definition) is 4. The monoisotopic (exact) mass is 233 g/mol. The van der Waals surface area contributed by atoms with Gasteiger partial charge >= 0.3 is 11.9 Å². The summed E-state index contributed by atoms with van der Waals surface area (Å²) in [6, 6.07) is 0. The Balaban J connectivity index is 2.18. The van der Waals surface area contributed by atoms with Gasteiger partial charge in [-0.05, 0) is 25.9 Å². The highest BCUT2D eigenvalue weighted by molar-refractivity contribution is 8.00. The number of aliphatic carboxylic acids is 2. The summed E-state index contributed by atoms with van der Waals surface area (Å²) in [5.74, 6) is -1.44. The molecule has 0 spiro atoms. The van der Waals surface area contributed by atoms with E-state index in [-0.39, 0.29) is 12.3 Å². The smallest absolute Gasteiger partial charge is 0.317 e. The van der Waals surface area contributed by atoms with E-state index in [0.29, 0.717) is 5.25 Å². The van der Waals surface area contributed by atoms with Crippen molar-refractivity contribution >= 4 is 23.7 Å². The summed E-state index contributed by atoms with van der Waals surface area (Å²) in [6.45, 7) is 1.60. The minimum atomic E-state index is -0.799. The molecule has 0 aromatic carbocycles. The van der Waals surface area contributed by atoms with Crippen molar-refractivity contribution in [2.75, 3.05) is 25.4 Å². The third kappa shape index (κ3) is 5.03. The van der Waals surface area contributed by atoms with Crippen molar-refractivity contribution in [3.8, 4) is 0 Å². The lowest BCUT2D eigenvalue weighted by Crippen LogP contribution is -2.38. The van der Waals surface area contributed by atoms with E-state index in [4.69, 9.17) is 10.2 Å². The topological polar surface area (TPSA) is 77.8 Å². The van der Waals surface area contributed by atoms with Crippen molar-refractivity contribution < 1.29 is 19.8 Å². The van der Waals surface area contributed by atoms with E-state index in [1.807, 2.05) is 4.90 Å². The molecule has 0 unspecified atom stereocenters. The molecule has 0 aromatic rings. The Morgan fingerprint density at radius 3 is 2.27 bits per heavy atom. The van der Waals surface area contributed by atoms with Gasteiger partial charge in [-0.3, -0.25) is 14.5 Å². The first-order chi connectivity index (χ1) is 7.08. The summed E-state index contributed by atoms with van der Waals surface area (Å²) in [6.07, 6.45) is 1.76. The molecule has 1 fully saturated rings. The van der Waals surface area contributed by atoms with Crippen molar-refractivity contribution in [1.29, 1.82) is 0 Å². The molecule has 0 aliphatic carbocycles. The van der Waals surface area contributed by atoms with Gasteiger partial charge in [-0.1, -0.05) is 0 Å². The van der Waals surface area contributed by atoms with E-state index >= 15 is 0 Å². The van der Waals surface area contributed by atoms with Crippen molar-refractivity contribution in [2.24, 2.45) is 0 Å². The Morgan fingerprint density at radius 2 is 1.80 bits per heavy atom. The second-order valence-electron chi connectivity index (χ2n) is 3.57. The van der Waals surface area contributed by atoms with Gasteiger partial charge in [-0.2, -0.15) is 0 Å². The van der Waals surface area contributed by atoms with Crippen LogP contribution in [0.1, 0.15) is 12.8 Å². The van der Waals surface area contributed by atoms with E-state index in [2.05, 4.69) is 0 Å². The van der Waals surface area contributed by atoms with Gasteiger partial charge in [0.1, 0.15) is 0 Å². The SMILES string of the molecule is O=C(O)CSC1CCN(CC(=O)O)CC1. The highest BCUT2D eigenvalue weighted by Gasteiger charge is 2.21. The van der Waals surface area contributed by atoms with E-state index in [9.17, 15) is 9.59 Å². The van der Waals surface area contributed by atoms with Crippen molar-refractivity contribution in [3.63, 3.8) is 0 Å². The Morgan fingerprint density at radius 1 is 1.20 bits per heavy atom. The molecule has 0 saturated carbocycles. The lowest BCUT2D eigenvalue weighted by molar-refractivity contribution is -0.138. The first-order valence-corrected chi connectivity index (χ1v) is 5.90. The Hall–Kier alpha value is -0.750. The minimum Gasteiger partial charge on any atom is -0.481 e. The van der Waals surface area contributed by atoms with E-state index < -0.39 is 11.9 Å². The predicted molar refractivity (Wildman–Crippen MR) is 57.2 cm³/mol. The third-order valence-electron chi connectivity index (χ3n) is 2.34. The largest absolute Gasteiger partial charge is 0.481 e. The van der Waals surface area contributed by atoms with Gasteiger partial charge in [-0.15, -0.1) is 11.8 Å². The number of carbonyl (C=O) groups is 2. The molecule has 6 heteroatoms. The first-order valence-electron chi connectivity index (χ1n) is 4.85. The van der Waals surface area contributed by atoms with Crippen molar-refractivity contribution in [3.05, 3.63) is 0 Å². The summed E-state index contributed by atoms with van der Waals surface area (Å²) < 4.78 is 0. The lowest BCUT2D eigenvalue weighted by atomic mass is 10.1. The van der Waals surface area contributed by atoms with Crippen LogP contribution >= 0.6 is 11.8 Å². The quantitative estimate of drug-likeness (QED) is 0.713. The van der Waals surface area contributed by atoms with Gasteiger partial charge < -0.3 is 10.2 Å². The molecule has 86 valence electrons. The molecule has 0 atom stereocenters. The lowest BCUT2D eigenvalue weighted by Gasteiger charge is -2.30. The fourth-order valence-corrected chi connectivity index (χ4v) is 2.54. The molecule has 1 rings (SSSR count). The summed E-state index contributed by atoms with van der Waals surface area (Å²) in [4.78, 5) is 22.7. The van der Waals surface area contributed by atoms with Crippen LogP contribution in [0.2, 0.25) is 0 Å². The van der Waals surface area contributed by atoms with Crippen LogP contribution in [0, 0.1) is 0 Å². The van der Waals surface area contributed by atoms with Crippen LogP contribution in [0.25, 0.3) is 0 Å². The number of hydrogen-bond donors (Lipinski definition) is 2. The number of likely N-dealkylation sites (tertiary alicyclic amines) is 1. The number of carboxylic acid groups (broad SMARTS) is 2.